The number of fused-ring (bicyclic) bond motifs is 1. The first-order valence-electron chi connectivity index (χ1n) is 5.87. The van der Waals surface area contributed by atoms with Crippen LogP contribution in [0.1, 0.15) is 23.0 Å². The fourth-order valence-corrected chi connectivity index (χ4v) is 2.29. The molecule has 3 heteroatoms. The molecular formula is C14H18N2O. The predicted molar refractivity (Wildman–Crippen MR) is 70.4 cm³/mol. The Hall–Kier alpha value is -1.77. The van der Waals surface area contributed by atoms with Crippen molar-refractivity contribution in [3.8, 4) is 0 Å². The second-order valence-corrected chi connectivity index (χ2v) is 4.43. The van der Waals surface area contributed by atoms with Gasteiger partial charge in [0.15, 0.2) is 0 Å². The molecule has 0 spiro atoms. The molecule has 3 nitrogen and oxygen atoms in total. The molecule has 0 saturated heterocycles. The number of para-hydroxylation sites is 1. The summed E-state index contributed by atoms with van der Waals surface area (Å²) in [5.41, 5.74) is 3.01. The van der Waals surface area contributed by atoms with Gasteiger partial charge in [0.2, 0.25) is 0 Å². The molecule has 2 aromatic rings. The summed E-state index contributed by atoms with van der Waals surface area (Å²) >= 11 is 0. The minimum atomic E-state index is 0.0700. The van der Waals surface area contributed by atoms with E-state index in [4.69, 9.17) is 0 Å². The van der Waals surface area contributed by atoms with Gasteiger partial charge in [0.1, 0.15) is 5.69 Å². The Morgan fingerprint density at radius 3 is 2.53 bits per heavy atom. The van der Waals surface area contributed by atoms with E-state index in [-0.39, 0.29) is 5.91 Å². The van der Waals surface area contributed by atoms with E-state index in [0.717, 1.165) is 23.3 Å². The van der Waals surface area contributed by atoms with Crippen molar-refractivity contribution in [1.29, 1.82) is 0 Å². The number of amides is 1. The highest BCUT2D eigenvalue weighted by Gasteiger charge is 2.20. The molecule has 1 amide bonds. The van der Waals surface area contributed by atoms with Crippen molar-refractivity contribution >= 4 is 16.8 Å². The number of hydrogen-bond donors (Lipinski definition) is 0. The zero-order chi connectivity index (χ0) is 12.6. The van der Waals surface area contributed by atoms with Gasteiger partial charge in [-0.05, 0) is 25.5 Å². The maximum Gasteiger partial charge on any atom is 0.270 e. The Kier molecular flexibility index (Phi) is 2.92. The third kappa shape index (κ3) is 1.71. The summed E-state index contributed by atoms with van der Waals surface area (Å²) < 4.78 is 2.09. The monoisotopic (exact) mass is 230 g/mol. The molecule has 1 aromatic carbocycles. The number of hydrogen-bond acceptors (Lipinski definition) is 1. The maximum absolute atomic E-state index is 12.2. The van der Waals surface area contributed by atoms with Crippen LogP contribution in [-0.4, -0.2) is 29.5 Å². The van der Waals surface area contributed by atoms with Crippen molar-refractivity contribution in [2.45, 2.75) is 20.4 Å². The van der Waals surface area contributed by atoms with Crippen LogP contribution < -0.4 is 0 Å². The smallest absolute Gasteiger partial charge is 0.270 e. The lowest BCUT2D eigenvalue weighted by atomic mass is 10.1. The van der Waals surface area contributed by atoms with E-state index in [1.54, 1.807) is 19.0 Å². The lowest BCUT2D eigenvalue weighted by molar-refractivity contribution is 0.0817. The zero-order valence-corrected chi connectivity index (χ0v) is 10.8. The van der Waals surface area contributed by atoms with E-state index < -0.39 is 0 Å². The normalized spacial score (nSPS) is 10.8. The van der Waals surface area contributed by atoms with E-state index >= 15 is 0 Å². The Labute approximate surface area is 102 Å². The molecule has 1 aromatic heterocycles. The first kappa shape index (κ1) is 11.7. The molecule has 17 heavy (non-hydrogen) atoms. The summed E-state index contributed by atoms with van der Waals surface area (Å²) in [4.78, 5) is 13.9. The standard InChI is InChI=1S/C14H18N2O/c1-5-16-12-9-7-6-8-11(12)10(2)13(16)14(17)15(3)4/h6-9H,5H2,1-4H3. The summed E-state index contributed by atoms with van der Waals surface area (Å²) in [6.45, 7) is 4.90. The first-order chi connectivity index (χ1) is 8.07. The molecule has 90 valence electrons. The second-order valence-electron chi connectivity index (χ2n) is 4.43. The third-order valence-corrected chi connectivity index (χ3v) is 3.15. The Balaban J connectivity index is 2.78. The summed E-state index contributed by atoms with van der Waals surface area (Å²) in [6.07, 6.45) is 0. The van der Waals surface area contributed by atoms with Crippen molar-refractivity contribution in [2.75, 3.05) is 14.1 Å². The van der Waals surface area contributed by atoms with Crippen molar-refractivity contribution < 1.29 is 4.79 Å². The van der Waals surface area contributed by atoms with Crippen LogP contribution in [0.15, 0.2) is 24.3 Å². The molecule has 0 fully saturated rings. The molecule has 0 radical (unpaired) electrons. The first-order valence-corrected chi connectivity index (χ1v) is 5.87. The number of aromatic nitrogens is 1. The molecular weight excluding hydrogens is 212 g/mol. The molecule has 0 saturated carbocycles. The van der Waals surface area contributed by atoms with Crippen molar-refractivity contribution in [3.05, 3.63) is 35.5 Å². The minimum Gasteiger partial charge on any atom is -0.343 e. The van der Waals surface area contributed by atoms with Gasteiger partial charge in [-0.2, -0.15) is 0 Å². The lowest BCUT2D eigenvalue weighted by Gasteiger charge is -2.13. The molecule has 2 rings (SSSR count). The maximum atomic E-state index is 12.2. The van der Waals surface area contributed by atoms with E-state index in [1.807, 2.05) is 19.1 Å². The van der Waals surface area contributed by atoms with Gasteiger partial charge in [-0.1, -0.05) is 18.2 Å². The fourth-order valence-electron chi connectivity index (χ4n) is 2.29. The van der Waals surface area contributed by atoms with E-state index in [0.29, 0.717) is 0 Å². The van der Waals surface area contributed by atoms with Gasteiger partial charge in [0, 0.05) is 31.5 Å². The summed E-state index contributed by atoms with van der Waals surface area (Å²) in [5, 5.41) is 1.17. The molecule has 0 aliphatic heterocycles. The van der Waals surface area contributed by atoms with E-state index in [2.05, 4.69) is 23.6 Å². The van der Waals surface area contributed by atoms with Crippen LogP contribution in [-0.2, 0) is 6.54 Å². The highest BCUT2D eigenvalue weighted by molar-refractivity contribution is 6.01. The van der Waals surface area contributed by atoms with Crippen molar-refractivity contribution in [3.63, 3.8) is 0 Å². The van der Waals surface area contributed by atoms with Gasteiger partial charge in [0.25, 0.3) is 5.91 Å². The van der Waals surface area contributed by atoms with Crippen LogP contribution >= 0.6 is 0 Å². The summed E-state index contributed by atoms with van der Waals surface area (Å²) in [5.74, 6) is 0.0700. The van der Waals surface area contributed by atoms with Crippen LogP contribution in [0, 0.1) is 6.92 Å². The highest BCUT2D eigenvalue weighted by Crippen LogP contribution is 2.26. The van der Waals surface area contributed by atoms with Crippen LogP contribution in [0.5, 0.6) is 0 Å². The third-order valence-electron chi connectivity index (χ3n) is 3.15. The van der Waals surface area contributed by atoms with E-state index in [9.17, 15) is 4.79 Å². The largest absolute Gasteiger partial charge is 0.343 e. The molecule has 0 atom stereocenters. The van der Waals surface area contributed by atoms with Crippen molar-refractivity contribution in [2.24, 2.45) is 0 Å². The Morgan fingerprint density at radius 2 is 1.94 bits per heavy atom. The summed E-state index contributed by atoms with van der Waals surface area (Å²) in [7, 11) is 3.58. The lowest BCUT2D eigenvalue weighted by Crippen LogP contribution is -2.25. The highest BCUT2D eigenvalue weighted by atomic mass is 16.2. The number of carbonyl (C=O) groups is 1. The van der Waals surface area contributed by atoms with Gasteiger partial charge < -0.3 is 9.47 Å². The molecule has 1 heterocycles. The number of nitrogens with zero attached hydrogens (tertiary/aromatic N) is 2. The quantitative estimate of drug-likeness (QED) is 0.778. The van der Waals surface area contributed by atoms with Crippen LogP contribution in [0.2, 0.25) is 0 Å². The molecule has 0 aliphatic rings. The Morgan fingerprint density at radius 1 is 1.29 bits per heavy atom. The zero-order valence-electron chi connectivity index (χ0n) is 10.8. The molecule has 0 unspecified atom stereocenters. The average Bonchev–Trinajstić information content (AvgIpc) is 2.61. The van der Waals surface area contributed by atoms with E-state index in [1.165, 1.54) is 5.39 Å². The number of carbonyl (C=O) groups excluding carboxylic acids is 1. The van der Waals surface area contributed by atoms with Gasteiger partial charge >= 0.3 is 0 Å². The summed E-state index contributed by atoms with van der Waals surface area (Å²) in [6, 6.07) is 8.17. The number of rotatable bonds is 2. The molecule has 0 bridgehead atoms. The molecule has 0 aliphatic carbocycles. The average molecular weight is 230 g/mol. The van der Waals surface area contributed by atoms with Crippen LogP contribution in [0.25, 0.3) is 10.9 Å². The number of aryl methyl sites for hydroxylation is 2. The molecule has 0 N–H and O–H groups in total. The van der Waals surface area contributed by atoms with Crippen molar-refractivity contribution in [1.82, 2.24) is 9.47 Å². The fraction of sp³-hybridized carbons (Fsp3) is 0.357. The number of benzene rings is 1. The SMILES string of the molecule is CCn1c(C(=O)N(C)C)c(C)c2ccccc21. The van der Waals surface area contributed by atoms with Gasteiger partial charge in [0.05, 0.1) is 0 Å². The van der Waals surface area contributed by atoms with Crippen LogP contribution in [0.4, 0.5) is 0 Å². The van der Waals surface area contributed by atoms with Gasteiger partial charge in [-0.15, -0.1) is 0 Å². The minimum absolute atomic E-state index is 0.0700. The second kappa shape index (κ2) is 4.24. The topological polar surface area (TPSA) is 25.2 Å². The Bertz CT molecular complexity index is 567. The predicted octanol–water partition coefficient (Wildman–Crippen LogP) is 2.67. The van der Waals surface area contributed by atoms with Gasteiger partial charge in [-0.25, -0.2) is 0 Å². The van der Waals surface area contributed by atoms with Gasteiger partial charge in [-0.3, -0.25) is 4.79 Å². The van der Waals surface area contributed by atoms with Crippen LogP contribution in [0.3, 0.4) is 0 Å².